The molecule has 136 valence electrons. The smallest absolute Gasteiger partial charge is 0.248 e. The molecule has 3 rings (SSSR count). The SMILES string of the molecule is CN(C)[C@H]1CCCCN(C(=O)COCc2nc3ccc(F)cc3[nH]2)C1. The van der Waals surface area contributed by atoms with Gasteiger partial charge in [0.2, 0.25) is 5.91 Å². The highest BCUT2D eigenvalue weighted by Crippen LogP contribution is 2.15. The lowest BCUT2D eigenvalue weighted by molar-refractivity contribution is -0.137. The Labute approximate surface area is 147 Å². The van der Waals surface area contributed by atoms with Crippen molar-refractivity contribution in [3.8, 4) is 0 Å². The summed E-state index contributed by atoms with van der Waals surface area (Å²) in [5, 5.41) is 0. The van der Waals surface area contributed by atoms with Crippen LogP contribution in [0.15, 0.2) is 18.2 Å². The van der Waals surface area contributed by atoms with Crippen molar-refractivity contribution in [3.05, 3.63) is 29.8 Å². The second-order valence-corrected chi connectivity index (χ2v) is 6.79. The number of fused-ring (bicyclic) bond motifs is 1. The number of hydrogen-bond acceptors (Lipinski definition) is 4. The highest BCUT2D eigenvalue weighted by Gasteiger charge is 2.23. The molecule has 1 saturated heterocycles. The van der Waals surface area contributed by atoms with E-state index in [-0.39, 0.29) is 24.9 Å². The van der Waals surface area contributed by atoms with Crippen LogP contribution in [-0.4, -0.2) is 65.5 Å². The first-order chi connectivity index (χ1) is 12.0. The number of aromatic amines is 1. The molecule has 0 bridgehead atoms. The summed E-state index contributed by atoms with van der Waals surface area (Å²) in [7, 11) is 4.11. The Morgan fingerprint density at radius 3 is 3.08 bits per heavy atom. The van der Waals surface area contributed by atoms with E-state index < -0.39 is 0 Å². The number of nitrogens with zero attached hydrogens (tertiary/aromatic N) is 3. The van der Waals surface area contributed by atoms with E-state index in [9.17, 15) is 9.18 Å². The largest absolute Gasteiger partial charge is 0.364 e. The third kappa shape index (κ3) is 4.55. The van der Waals surface area contributed by atoms with Gasteiger partial charge in [-0.3, -0.25) is 4.79 Å². The van der Waals surface area contributed by atoms with Crippen LogP contribution in [0.1, 0.15) is 25.1 Å². The van der Waals surface area contributed by atoms with Crippen LogP contribution in [0.3, 0.4) is 0 Å². The van der Waals surface area contributed by atoms with Gasteiger partial charge in [-0.05, 0) is 45.1 Å². The number of nitrogens with one attached hydrogen (secondary N) is 1. The molecule has 1 fully saturated rings. The Kier molecular flexibility index (Phi) is 5.65. The Hall–Kier alpha value is -1.99. The quantitative estimate of drug-likeness (QED) is 0.899. The molecule has 2 aromatic rings. The first-order valence-corrected chi connectivity index (χ1v) is 8.69. The fraction of sp³-hybridized carbons (Fsp3) is 0.556. The number of rotatable bonds is 5. The maximum atomic E-state index is 13.2. The lowest BCUT2D eigenvalue weighted by Crippen LogP contribution is -2.43. The average Bonchev–Trinajstić information content (AvgIpc) is 2.80. The van der Waals surface area contributed by atoms with Crippen molar-refractivity contribution in [2.45, 2.75) is 31.9 Å². The molecule has 7 heteroatoms. The number of halogens is 1. The van der Waals surface area contributed by atoms with Gasteiger partial charge in [-0.2, -0.15) is 0 Å². The summed E-state index contributed by atoms with van der Waals surface area (Å²) < 4.78 is 18.7. The molecular formula is C18H25FN4O2. The van der Waals surface area contributed by atoms with Crippen LogP contribution >= 0.6 is 0 Å². The van der Waals surface area contributed by atoms with E-state index in [1.54, 1.807) is 6.07 Å². The van der Waals surface area contributed by atoms with Crippen LogP contribution in [0.2, 0.25) is 0 Å². The summed E-state index contributed by atoms with van der Waals surface area (Å²) in [6.45, 7) is 1.77. The highest BCUT2D eigenvalue weighted by atomic mass is 19.1. The molecule has 25 heavy (non-hydrogen) atoms. The Morgan fingerprint density at radius 1 is 1.44 bits per heavy atom. The van der Waals surface area contributed by atoms with Crippen molar-refractivity contribution in [3.63, 3.8) is 0 Å². The van der Waals surface area contributed by atoms with Crippen molar-refractivity contribution >= 4 is 16.9 Å². The molecule has 0 aliphatic carbocycles. The number of ether oxygens (including phenoxy) is 1. The van der Waals surface area contributed by atoms with E-state index in [2.05, 4.69) is 29.0 Å². The van der Waals surface area contributed by atoms with Gasteiger partial charge >= 0.3 is 0 Å². The first-order valence-electron chi connectivity index (χ1n) is 8.69. The summed E-state index contributed by atoms with van der Waals surface area (Å²) in [4.78, 5) is 23.9. The minimum atomic E-state index is -0.310. The number of likely N-dealkylation sites (N-methyl/N-ethyl adjacent to an activating group) is 1. The normalized spacial score (nSPS) is 18.7. The standard InChI is InChI=1S/C18H25FN4O2/c1-22(2)14-5-3-4-8-23(10-14)18(24)12-25-11-17-20-15-7-6-13(19)9-16(15)21-17/h6-7,9,14H,3-5,8,10-12H2,1-2H3,(H,20,21)/t14-/m0/s1. The van der Waals surface area contributed by atoms with E-state index in [1.807, 2.05) is 4.90 Å². The molecule has 0 radical (unpaired) electrons. The van der Waals surface area contributed by atoms with Gasteiger partial charge in [0.15, 0.2) is 0 Å². The van der Waals surface area contributed by atoms with Crippen LogP contribution < -0.4 is 0 Å². The number of aromatic nitrogens is 2. The van der Waals surface area contributed by atoms with E-state index in [0.29, 0.717) is 22.9 Å². The van der Waals surface area contributed by atoms with Crippen molar-refractivity contribution in [2.24, 2.45) is 0 Å². The van der Waals surface area contributed by atoms with Gasteiger partial charge in [-0.25, -0.2) is 9.37 Å². The van der Waals surface area contributed by atoms with Gasteiger partial charge < -0.3 is 19.5 Å². The van der Waals surface area contributed by atoms with Crippen LogP contribution in [0.4, 0.5) is 4.39 Å². The number of hydrogen-bond donors (Lipinski definition) is 1. The van der Waals surface area contributed by atoms with E-state index in [4.69, 9.17) is 4.74 Å². The number of benzene rings is 1. The number of carbonyl (C=O) groups excluding carboxylic acids is 1. The van der Waals surface area contributed by atoms with Crippen LogP contribution in [0.5, 0.6) is 0 Å². The fourth-order valence-corrected chi connectivity index (χ4v) is 3.20. The molecule has 1 amide bonds. The zero-order valence-corrected chi connectivity index (χ0v) is 14.8. The van der Waals surface area contributed by atoms with E-state index in [0.717, 1.165) is 32.4 Å². The molecule has 0 saturated carbocycles. The molecule has 1 aliphatic rings. The predicted octanol–water partition coefficient (Wildman–Crippen LogP) is 2.16. The summed E-state index contributed by atoms with van der Waals surface area (Å²) in [5.74, 6) is 0.293. The van der Waals surface area contributed by atoms with Gasteiger partial charge in [0.1, 0.15) is 24.9 Å². The molecular weight excluding hydrogens is 323 g/mol. The molecule has 2 heterocycles. The van der Waals surface area contributed by atoms with Crippen LogP contribution in [0.25, 0.3) is 11.0 Å². The van der Waals surface area contributed by atoms with Gasteiger partial charge in [-0.1, -0.05) is 6.42 Å². The van der Waals surface area contributed by atoms with Gasteiger partial charge in [0, 0.05) is 19.1 Å². The first kappa shape index (κ1) is 17.8. The molecule has 1 aromatic carbocycles. The lowest BCUT2D eigenvalue weighted by atomic mass is 10.1. The molecule has 1 N–H and O–H groups in total. The van der Waals surface area contributed by atoms with Gasteiger partial charge in [-0.15, -0.1) is 0 Å². The number of carbonyl (C=O) groups is 1. The molecule has 0 spiro atoms. The lowest BCUT2D eigenvalue weighted by Gasteiger charge is -2.28. The van der Waals surface area contributed by atoms with Crippen molar-refractivity contribution in [2.75, 3.05) is 33.8 Å². The maximum Gasteiger partial charge on any atom is 0.248 e. The van der Waals surface area contributed by atoms with Gasteiger partial charge in [0.05, 0.1) is 11.0 Å². The average molecular weight is 348 g/mol. The van der Waals surface area contributed by atoms with Gasteiger partial charge in [0.25, 0.3) is 0 Å². The van der Waals surface area contributed by atoms with Crippen molar-refractivity contribution in [1.82, 2.24) is 19.8 Å². The second-order valence-electron chi connectivity index (χ2n) is 6.79. The molecule has 1 atom stereocenters. The topological polar surface area (TPSA) is 61.5 Å². The minimum absolute atomic E-state index is 0.0101. The Balaban J connectivity index is 1.52. The van der Waals surface area contributed by atoms with Crippen LogP contribution in [-0.2, 0) is 16.1 Å². The molecule has 1 aromatic heterocycles. The highest BCUT2D eigenvalue weighted by molar-refractivity contribution is 5.77. The molecule has 1 aliphatic heterocycles. The van der Waals surface area contributed by atoms with E-state index >= 15 is 0 Å². The maximum absolute atomic E-state index is 13.2. The summed E-state index contributed by atoms with van der Waals surface area (Å²) >= 11 is 0. The summed E-state index contributed by atoms with van der Waals surface area (Å²) in [5.41, 5.74) is 1.32. The van der Waals surface area contributed by atoms with Crippen molar-refractivity contribution in [1.29, 1.82) is 0 Å². The zero-order chi connectivity index (χ0) is 17.8. The Bertz CT molecular complexity index is 731. The number of likely N-dealkylation sites (tertiary alicyclic amines) is 1. The number of amides is 1. The molecule has 0 unspecified atom stereocenters. The zero-order valence-electron chi connectivity index (χ0n) is 14.8. The van der Waals surface area contributed by atoms with Crippen LogP contribution in [0, 0.1) is 5.82 Å². The Morgan fingerprint density at radius 2 is 2.28 bits per heavy atom. The number of H-pyrrole nitrogens is 1. The summed E-state index contributed by atoms with van der Waals surface area (Å²) in [6.07, 6.45) is 3.29. The fourth-order valence-electron chi connectivity index (χ4n) is 3.20. The number of imidazole rings is 1. The predicted molar refractivity (Wildman–Crippen MR) is 93.6 cm³/mol. The second kappa shape index (κ2) is 7.93. The third-order valence-corrected chi connectivity index (χ3v) is 4.69. The minimum Gasteiger partial charge on any atom is -0.364 e. The summed E-state index contributed by atoms with van der Waals surface area (Å²) in [6, 6.07) is 4.79. The molecule has 6 nitrogen and oxygen atoms in total. The third-order valence-electron chi connectivity index (χ3n) is 4.69. The monoisotopic (exact) mass is 348 g/mol. The van der Waals surface area contributed by atoms with E-state index in [1.165, 1.54) is 12.1 Å². The van der Waals surface area contributed by atoms with Crippen molar-refractivity contribution < 1.29 is 13.9 Å².